The van der Waals surface area contributed by atoms with Crippen LogP contribution in [0.5, 0.6) is 0 Å². The molecule has 0 bridgehead atoms. The first kappa shape index (κ1) is 13.7. The fraction of sp³-hybridized carbons (Fsp3) is 1.00. The lowest BCUT2D eigenvalue weighted by molar-refractivity contribution is 0.0839. The van der Waals surface area contributed by atoms with Gasteiger partial charge in [-0.15, -0.1) is 0 Å². The Labute approximate surface area is 110 Å². The Morgan fingerprint density at radius 1 is 1.47 bits per heavy atom. The Bertz CT molecular complexity index is 259. The largest absolute Gasteiger partial charge is 0.329 e. The van der Waals surface area contributed by atoms with Crippen molar-refractivity contribution in [3.63, 3.8) is 0 Å². The standard InChI is InChI=1S/C13H27N3S/c1-11-7-13(9-14,10-17-11)16-6-4-5-12(16)8-15(2)3/h11-12H,4-10,14H2,1-3H3. The van der Waals surface area contributed by atoms with E-state index in [2.05, 4.69) is 42.6 Å². The van der Waals surface area contributed by atoms with Crippen LogP contribution in [-0.4, -0.2) is 66.1 Å². The maximum absolute atomic E-state index is 6.14. The smallest absolute Gasteiger partial charge is 0.0435 e. The first-order valence-electron chi connectivity index (χ1n) is 6.80. The van der Waals surface area contributed by atoms with Crippen molar-refractivity contribution in [2.45, 2.75) is 43.0 Å². The molecule has 0 spiro atoms. The van der Waals surface area contributed by atoms with Gasteiger partial charge in [-0.2, -0.15) is 11.8 Å². The molecule has 2 heterocycles. The average Bonchev–Trinajstić information content (AvgIpc) is 2.85. The highest BCUT2D eigenvalue weighted by atomic mass is 32.2. The van der Waals surface area contributed by atoms with Gasteiger partial charge in [0.2, 0.25) is 0 Å². The van der Waals surface area contributed by atoms with Crippen LogP contribution >= 0.6 is 11.8 Å². The van der Waals surface area contributed by atoms with E-state index in [1.165, 1.54) is 38.1 Å². The number of hydrogen-bond acceptors (Lipinski definition) is 4. The lowest BCUT2D eigenvalue weighted by Gasteiger charge is -2.42. The molecule has 2 N–H and O–H groups in total. The van der Waals surface area contributed by atoms with Crippen LogP contribution < -0.4 is 5.73 Å². The molecule has 0 aromatic heterocycles. The van der Waals surface area contributed by atoms with E-state index in [-0.39, 0.29) is 0 Å². The fourth-order valence-corrected chi connectivity index (χ4v) is 4.91. The number of nitrogens with zero attached hydrogens (tertiary/aromatic N) is 2. The van der Waals surface area contributed by atoms with E-state index in [9.17, 15) is 0 Å². The molecule has 17 heavy (non-hydrogen) atoms. The molecule has 0 amide bonds. The van der Waals surface area contributed by atoms with Crippen molar-refractivity contribution in [3.05, 3.63) is 0 Å². The zero-order valence-corrected chi connectivity index (χ0v) is 12.3. The molecule has 2 rings (SSSR count). The monoisotopic (exact) mass is 257 g/mol. The molecule has 3 unspecified atom stereocenters. The molecule has 3 atom stereocenters. The van der Waals surface area contributed by atoms with Gasteiger partial charge < -0.3 is 10.6 Å². The molecule has 0 aromatic carbocycles. The summed E-state index contributed by atoms with van der Waals surface area (Å²) in [6.45, 7) is 5.61. The van der Waals surface area contributed by atoms with Gasteiger partial charge in [0, 0.05) is 35.7 Å². The normalized spacial score (nSPS) is 39.4. The van der Waals surface area contributed by atoms with Crippen LogP contribution in [0.2, 0.25) is 0 Å². The Morgan fingerprint density at radius 2 is 2.24 bits per heavy atom. The molecule has 0 aromatic rings. The average molecular weight is 257 g/mol. The summed E-state index contributed by atoms with van der Waals surface area (Å²) < 4.78 is 0. The van der Waals surface area contributed by atoms with Crippen molar-refractivity contribution >= 4 is 11.8 Å². The van der Waals surface area contributed by atoms with Crippen LogP contribution in [0.25, 0.3) is 0 Å². The van der Waals surface area contributed by atoms with Crippen molar-refractivity contribution in [2.24, 2.45) is 5.73 Å². The molecule has 2 fully saturated rings. The maximum Gasteiger partial charge on any atom is 0.0435 e. The van der Waals surface area contributed by atoms with Crippen LogP contribution in [0.15, 0.2) is 0 Å². The van der Waals surface area contributed by atoms with Gasteiger partial charge >= 0.3 is 0 Å². The highest BCUT2D eigenvalue weighted by molar-refractivity contribution is 8.00. The van der Waals surface area contributed by atoms with E-state index in [0.717, 1.165) is 17.8 Å². The Morgan fingerprint density at radius 3 is 2.76 bits per heavy atom. The minimum absolute atomic E-state index is 0.293. The fourth-order valence-electron chi connectivity index (χ4n) is 3.48. The van der Waals surface area contributed by atoms with Crippen molar-refractivity contribution < 1.29 is 0 Å². The molecule has 0 saturated carbocycles. The maximum atomic E-state index is 6.14. The molecule has 2 aliphatic rings. The van der Waals surface area contributed by atoms with Gasteiger partial charge in [0.15, 0.2) is 0 Å². The van der Waals surface area contributed by atoms with Crippen LogP contribution in [-0.2, 0) is 0 Å². The second-order valence-corrected chi connectivity index (χ2v) is 7.43. The summed E-state index contributed by atoms with van der Waals surface area (Å²) in [5.74, 6) is 1.23. The van der Waals surface area contributed by atoms with Gasteiger partial charge in [0.25, 0.3) is 0 Å². The van der Waals surface area contributed by atoms with Crippen molar-refractivity contribution in [2.75, 3.05) is 39.5 Å². The van der Waals surface area contributed by atoms with Crippen molar-refractivity contribution in [3.8, 4) is 0 Å². The van der Waals surface area contributed by atoms with E-state index >= 15 is 0 Å². The summed E-state index contributed by atoms with van der Waals surface area (Å²) in [6, 6.07) is 0.722. The van der Waals surface area contributed by atoms with E-state index < -0.39 is 0 Å². The lowest BCUT2D eigenvalue weighted by Crippen LogP contribution is -2.57. The van der Waals surface area contributed by atoms with Gasteiger partial charge in [-0.1, -0.05) is 6.92 Å². The molecule has 2 saturated heterocycles. The number of hydrogen-bond donors (Lipinski definition) is 1. The number of rotatable bonds is 4. The predicted octanol–water partition coefficient (Wildman–Crippen LogP) is 1.24. The zero-order valence-electron chi connectivity index (χ0n) is 11.5. The molecule has 0 aliphatic carbocycles. The first-order valence-corrected chi connectivity index (χ1v) is 7.85. The Hall–Kier alpha value is 0.230. The summed E-state index contributed by atoms with van der Waals surface area (Å²) in [5.41, 5.74) is 6.43. The second-order valence-electron chi connectivity index (χ2n) is 6.01. The molecular formula is C13H27N3S. The predicted molar refractivity (Wildman–Crippen MR) is 76.6 cm³/mol. The third kappa shape index (κ3) is 2.80. The molecule has 3 nitrogen and oxygen atoms in total. The zero-order chi connectivity index (χ0) is 12.5. The first-order chi connectivity index (χ1) is 8.07. The SMILES string of the molecule is CC1CC(CN)(N2CCCC2CN(C)C)CS1. The summed E-state index contributed by atoms with van der Waals surface area (Å²) in [7, 11) is 4.36. The number of likely N-dealkylation sites (tertiary alicyclic amines) is 1. The van der Waals surface area contributed by atoms with Gasteiger partial charge in [-0.05, 0) is 39.9 Å². The van der Waals surface area contributed by atoms with Gasteiger partial charge in [-0.25, -0.2) is 0 Å². The van der Waals surface area contributed by atoms with Crippen molar-refractivity contribution in [1.82, 2.24) is 9.80 Å². The molecule has 100 valence electrons. The summed E-state index contributed by atoms with van der Waals surface area (Å²) in [5, 5.41) is 0.777. The molecule has 0 radical (unpaired) electrons. The van der Waals surface area contributed by atoms with E-state index in [0.29, 0.717) is 5.54 Å². The van der Waals surface area contributed by atoms with E-state index in [4.69, 9.17) is 5.73 Å². The third-order valence-electron chi connectivity index (χ3n) is 4.25. The minimum Gasteiger partial charge on any atom is -0.329 e. The highest BCUT2D eigenvalue weighted by Crippen LogP contribution is 2.41. The minimum atomic E-state index is 0.293. The van der Waals surface area contributed by atoms with Crippen LogP contribution in [0.4, 0.5) is 0 Å². The van der Waals surface area contributed by atoms with E-state index in [1.807, 2.05) is 0 Å². The van der Waals surface area contributed by atoms with E-state index in [1.54, 1.807) is 0 Å². The van der Waals surface area contributed by atoms with Gasteiger partial charge in [-0.3, -0.25) is 4.90 Å². The summed E-state index contributed by atoms with van der Waals surface area (Å²) >= 11 is 2.10. The van der Waals surface area contributed by atoms with Crippen LogP contribution in [0.3, 0.4) is 0 Å². The van der Waals surface area contributed by atoms with Crippen molar-refractivity contribution in [1.29, 1.82) is 0 Å². The number of nitrogens with two attached hydrogens (primary N) is 1. The van der Waals surface area contributed by atoms with Crippen LogP contribution in [0, 0.1) is 0 Å². The Kier molecular flexibility index (Phi) is 4.40. The third-order valence-corrected chi connectivity index (χ3v) is 5.69. The summed E-state index contributed by atoms with van der Waals surface area (Å²) in [4.78, 5) is 5.06. The quantitative estimate of drug-likeness (QED) is 0.821. The van der Waals surface area contributed by atoms with Crippen LogP contribution in [0.1, 0.15) is 26.2 Å². The molecular weight excluding hydrogens is 230 g/mol. The lowest BCUT2D eigenvalue weighted by atomic mass is 9.93. The summed E-state index contributed by atoms with van der Waals surface area (Å²) in [6.07, 6.45) is 3.97. The Balaban J connectivity index is 2.08. The molecule has 2 aliphatic heterocycles. The number of thioether (sulfide) groups is 1. The van der Waals surface area contributed by atoms with Gasteiger partial charge in [0.1, 0.15) is 0 Å². The highest BCUT2D eigenvalue weighted by Gasteiger charge is 2.46. The van der Waals surface area contributed by atoms with Gasteiger partial charge in [0.05, 0.1) is 0 Å². The molecule has 4 heteroatoms. The number of likely N-dealkylation sites (N-methyl/N-ethyl adjacent to an activating group) is 1. The topological polar surface area (TPSA) is 32.5 Å². The second kappa shape index (κ2) is 5.47.